The molecule has 0 fully saturated rings. The average Bonchev–Trinajstić information content (AvgIpc) is 2.60. The molecule has 1 heterocycles. The number of hydrogen-bond donors (Lipinski definition) is 0. The number of aromatic nitrogens is 2. The molecular formula is C10H22N2. The first-order valence-corrected chi connectivity index (χ1v) is 4.73. The summed E-state index contributed by atoms with van der Waals surface area (Å²) in [6.07, 6.45) is 8.03. The van der Waals surface area contributed by atoms with Gasteiger partial charge in [0, 0.05) is 19.4 Å². The van der Waals surface area contributed by atoms with E-state index in [4.69, 9.17) is 0 Å². The van der Waals surface area contributed by atoms with Crippen molar-refractivity contribution in [1.29, 1.82) is 0 Å². The summed E-state index contributed by atoms with van der Waals surface area (Å²) in [5.41, 5.74) is 0. The molecule has 0 aliphatic rings. The maximum atomic E-state index is 3.78. The zero-order chi connectivity index (χ0) is 9.82. The molecule has 1 aromatic heterocycles. The van der Waals surface area contributed by atoms with Crippen LogP contribution in [-0.2, 0) is 7.05 Å². The van der Waals surface area contributed by atoms with Crippen LogP contribution in [0.5, 0.6) is 0 Å². The lowest BCUT2D eigenvalue weighted by Crippen LogP contribution is -1.76. The van der Waals surface area contributed by atoms with Gasteiger partial charge in [0.1, 0.15) is 0 Å². The van der Waals surface area contributed by atoms with E-state index in [2.05, 4.69) is 18.8 Å². The third-order valence-corrected chi connectivity index (χ3v) is 1.14. The van der Waals surface area contributed by atoms with Gasteiger partial charge in [0.15, 0.2) is 0 Å². The minimum Gasteiger partial charge on any atom is -0.341 e. The van der Waals surface area contributed by atoms with Crippen molar-refractivity contribution in [3.05, 3.63) is 18.7 Å². The lowest BCUT2D eigenvalue weighted by Gasteiger charge is -1.76. The quantitative estimate of drug-likeness (QED) is 0.632. The molecule has 0 aromatic carbocycles. The van der Waals surface area contributed by atoms with Crippen LogP contribution in [0.2, 0.25) is 0 Å². The van der Waals surface area contributed by atoms with Crippen molar-refractivity contribution in [3.8, 4) is 0 Å². The average molecular weight is 170 g/mol. The predicted molar refractivity (Wildman–Crippen MR) is 55.1 cm³/mol. The molecule has 0 spiro atoms. The van der Waals surface area contributed by atoms with E-state index < -0.39 is 0 Å². The van der Waals surface area contributed by atoms with E-state index in [1.54, 1.807) is 12.5 Å². The smallest absolute Gasteiger partial charge is 0.0943 e. The minimum atomic E-state index is 1.32. The van der Waals surface area contributed by atoms with Gasteiger partial charge in [-0.25, -0.2) is 4.98 Å². The maximum Gasteiger partial charge on any atom is 0.0943 e. The van der Waals surface area contributed by atoms with Gasteiger partial charge in [-0.2, -0.15) is 0 Å². The van der Waals surface area contributed by atoms with Gasteiger partial charge in [0.25, 0.3) is 0 Å². The summed E-state index contributed by atoms with van der Waals surface area (Å²) in [7, 11) is 1.94. The molecule has 72 valence electrons. The van der Waals surface area contributed by atoms with E-state index in [0.29, 0.717) is 0 Å². The van der Waals surface area contributed by atoms with Gasteiger partial charge in [0.05, 0.1) is 6.33 Å². The topological polar surface area (TPSA) is 17.8 Å². The minimum absolute atomic E-state index is 1.32. The van der Waals surface area contributed by atoms with Crippen LogP contribution in [-0.4, -0.2) is 9.55 Å². The van der Waals surface area contributed by atoms with E-state index in [1.165, 1.54) is 12.8 Å². The molecule has 0 unspecified atom stereocenters. The Kier molecular flexibility index (Phi) is 14.8. The monoisotopic (exact) mass is 170 g/mol. The van der Waals surface area contributed by atoms with Crippen LogP contribution >= 0.6 is 0 Å². The van der Waals surface area contributed by atoms with Crippen molar-refractivity contribution in [1.82, 2.24) is 9.55 Å². The number of rotatable bonds is 1. The molecule has 0 radical (unpaired) electrons. The summed E-state index contributed by atoms with van der Waals surface area (Å²) in [6.45, 7) is 8.36. The standard InChI is InChI=1S/C4H6N2.C4H10.C2H6/c1-6-3-2-5-4-6;1-3-4-2;1-2/h2-4H,1H3;3-4H2,1-2H3;1-2H3. The molecule has 0 saturated carbocycles. The van der Waals surface area contributed by atoms with Crippen molar-refractivity contribution < 1.29 is 0 Å². The second-order valence-corrected chi connectivity index (χ2v) is 2.23. The Balaban J connectivity index is 0. The fourth-order valence-corrected chi connectivity index (χ4v) is 0.326. The van der Waals surface area contributed by atoms with Gasteiger partial charge in [-0.3, -0.25) is 0 Å². The first-order chi connectivity index (χ1) is 5.81. The largest absolute Gasteiger partial charge is 0.341 e. The Hall–Kier alpha value is -0.790. The summed E-state index contributed by atoms with van der Waals surface area (Å²) in [5.74, 6) is 0. The number of imidazole rings is 1. The van der Waals surface area contributed by atoms with E-state index in [9.17, 15) is 0 Å². The second-order valence-electron chi connectivity index (χ2n) is 2.23. The molecule has 0 aliphatic heterocycles. The van der Waals surface area contributed by atoms with Crippen molar-refractivity contribution in [3.63, 3.8) is 0 Å². The van der Waals surface area contributed by atoms with Crippen molar-refractivity contribution >= 4 is 0 Å². The van der Waals surface area contributed by atoms with E-state index in [-0.39, 0.29) is 0 Å². The molecule has 12 heavy (non-hydrogen) atoms. The van der Waals surface area contributed by atoms with Gasteiger partial charge < -0.3 is 4.57 Å². The van der Waals surface area contributed by atoms with Crippen LogP contribution in [0.3, 0.4) is 0 Å². The molecule has 2 heteroatoms. The molecule has 0 bridgehead atoms. The molecule has 0 amide bonds. The third kappa shape index (κ3) is 11.9. The molecule has 0 aliphatic carbocycles. The zero-order valence-corrected chi connectivity index (χ0v) is 9.04. The predicted octanol–water partition coefficient (Wildman–Crippen LogP) is 3.25. The molecule has 0 saturated heterocycles. The van der Waals surface area contributed by atoms with E-state index >= 15 is 0 Å². The van der Waals surface area contributed by atoms with Gasteiger partial charge in [-0.1, -0.05) is 40.5 Å². The first-order valence-electron chi connectivity index (χ1n) is 4.73. The SMILES string of the molecule is CC.CCCC.Cn1ccnc1. The summed E-state index contributed by atoms with van der Waals surface area (Å²) >= 11 is 0. The summed E-state index contributed by atoms with van der Waals surface area (Å²) in [6, 6.07) is 0. The van der Waals surface area contributed by atoms with Gasteiger partial charge in [-0.15, -0.1) is 0 Å². The lowest BCUT2D eigenvalue weighted by atomic mass is 10.4. The van der Waals surface area contributed by atoms with Crippen LogP contribution in [0, 0.1) is 0 Å². The number of hydrogen-bond acceptors (Lipinski definition) is 1. The first kappa shape index (κ1) is 13.8. The molecule has 2 nitrogen and oxygen atoms in total. The molecule has 1 rings (SSSR count). The highest BCUT2D eigenvalue weighted by Gasteiger charge is 1.69. The Morgan fingerprint density at radius 2 is 1.67 bits per heavy atom. The zero-order valence-electron chi connectivity index (χ0n) is 9.04. The Bertz CT molecular complexity index is 132. The Morgan fingerprint density at radius 3 is 1.75 bits per heavy atom. The number of unbranched alkanes of at least 4 members (excludes halogenated alkanes) is 1. The van der Waals surface area contributed by atoms with Gasteiger partial charge >= 0.3 is 0 Å². The van der Waals surface area contributed by atoms with E-state index in [1.807, 2.05) is 31.7 Å². The Morgan fingerprint density at radius 1 is 1.17 bits per heavy atom. The van der Waals surface area contributed by atoms with Gasteiger partial charge in [-0.05, 0) is 0 Å². The fraction of sp³-hybridized carbons (Fsp3) is 0.700. The fourth-order valence-electron chi connectivity index (χ4n) is 0.326. The Labute approximate surface area is 76.6 Å². The van der Waals surface area contributed by atoms with Crippen molar-refractivity contribution in [2.24, 2.45) is 7.05 Å². The lowest BCUT2D eigenvalue weighted by molar-refractivity contribution is 0.886. The number of nitrogens with zero attached hydrogens (tertiary/aromatic N) is 2. The number of aryl methyl sites for hydroxylation is 1. The van der Waals surface area contributed by atoms with Crippen molar-refractivity contribution in [2.45, 2.75) is 40.5 Å². The van der Waals surface area contributed by atoms with Crippen LogP contribution < -0.4 is 0 Å². The molecule has 1 aromatic rings. The summed E-state index contributed by atoms with van der Waals surface area (Å²) in [5, 5.41) is 0. The molecule has 0 N–H and O–H groups in total. The van der Waals surface area contributed by atoms with Gasteiger partial charge in [0.2, 0.25) is 0 Å². The molecule has 0 atom stereocenters. The third-order valence-electron chi connectivity index (χ3n) is 1.14. The summed E-state index contributed by atoms with van der Waals surface area (Å²) in [4.78, 5) is 3.78. The van der Waals surface area contributed by atoms with E-state index in [0.717, 1.165) is 0 Å². The highest BCUT2D eigenvalue weighted by molar-refractivity contribution is 4.70. The van der Waals surface area contributed by atoms with Crippen LogP contribution in [0.25, 0.3) is 0 Å². The highest BCUT2D eigenvalue weighted by atomic mass is 15.0. The maximum absolute atomic E-state index is 3.78. The van der Waals surface area contributed by atoms with Crippen LogP contribution in [0.4, 0.5) is 0 Å². The van der Waals surface area contributed by atoms with Crippen molar-refractivity contribution in [2.75, 3.05) is 0 Å². The summed E-state index contributed by atoms with van der Waals surface area (Å²) < 4.78 is 1.89. The second kappa shape index (κ2) is 12.8. The highest BCUT2D eigenvalue weighted by Crippen LogP contribution is 1.76. The van der Waals surface area contributed by atoms with Crippen LogP contribution in [0.15, 0.2) is 18.7 Å². The molecular weight excluding hydrogens is 148 g/mol. The normalized spacial score (nSPS) is 7.42. The van der Waals surface area contributed by atoms with Crippen LogP contribution in [0.1, 0.15) is 40.5 Å².